The lowest BCUT2D eigenvalue weighted by atomic mass is 10.3. The Bertz CT molecular complexity index is 554. The van der Waals surface area contributed by atoms with Crippen LogP contribution in [-0.4, -0.2) is 40.0 Å². The summed E-state index contributed by atoms with van der Waals surface area (Å²) in [5.41, 5.74) is 0.462. The van der Waals surface area contributed by atoms with Crippen molar-refractivity contribution in [1.29, 1.82) is 0 Å². The second-order valence-electron chi connectivity index (χ2n) is 4.39. The van der Waals surface area contributed by atoms with Crippen LogP contribution in [-0.2, 0) is 7.05 Å². The number of carbonyl (C=O) groups is 1. The highest BCUT2D eigenvalue weighted by atomic mass is 16.5. The molecular weight excluding hydrogens is 258 g/mol. The lowest BCUT2D eigenvalue weighted by Gasteiger charge is -2.12. The number of aryl methyl sites for hydroxylation is 1. The Kier molecular flexibility index (Phi) is 4.73. The molecule has 0 unspecified atom stereocenters. The summed E-state index contributed by atoms with van der Waals surface area (Å²) in [5.74, 6) is 0.419. The third kappa shape index (κ3) is 4.10. The molecule has 106 valence electrons. The van der Waals surface area contributed by atoms with Gasteiger partial charge in [0.25, 0.3) is 5.91 Å². The molecule has 0 bridgehead atoms. The minimum atomic E-state index is -0.768. The smallest absolute Gasteiger partial charge is 0.254 e. The maximum absolute atomic E-state index is 11.7. The van der Waals surface area contributed by atoms with E-state index in [1.54, 1.807) is 30.1 Å². The second kappa shape index (κ2) is 6.72. The summed E-state index contributed by atoms with van der Waals surface area (Å²) in [6, 6.07) is 9.21. The van der Waals surface area contributed by atoms with Gasteiger partial charge in [0.15, 0.2) is 0 Å². The van der Waals surface area contributed by atoms with Crippen molar-refractivity contribution in [3.63, 3.8) is 0 Å². The van der Waals surface area contributed by atoms with Crippen molar-refractivity contribution in [1.82, 2.24) is 15.1 Å². The van der Waals surface area contributed by atoms with Gasteiger partial charge in [-0.2, -0.15) is 5.10 Å². The first-order chi connectivity index (χ1) is 9.65. The molecule has 0 spiro atoms. The van der Waals surface area contributed by atoms with Gasteiger partial charge in [-0.15, -0.1) is 0 Å². The molecule has 0 aliphatic carbocycles. The number of nitrogens with zero attached hydrogens (tertiary/aromatic N) is 2. The molecule has 6 nitrogen and oxygen atoms in total. The van der Waals surface area contributed by atoms with E-state index >= 15 is 0 Å². The van der Waals surface area contributed by atoms with Crippen LogP contribution in [0.2, 0.25) is 0 Å². The quantitative estimate of drug-likeness (QED) is 0.809. The summed E-state index contributed by atoms with van der Waals surface area (Å²) in [6.45, 7) is 0.248. The highest BCUT2D eigenvalue weighted by Gasteiger charge is 2.11. The van der Waals surface area contributed by atoms with Gasteiger partial charge in [0.1, 0.15) is 18.5 Å². The number of para-hydroxylation sites is 1. The van der Waals surface area contributed by atoms with E-state index in [0.717, 1.165) is 0 Å². The van der Waals surface area contributed by atoms with Gasteiger partial charge in [0.2, 0.25) is 0 Å². The van der Waals surface area contributed by atoms with Crippen molar-refractivity contribution in [2.45, 2.75) is 6.10 Å². The van der Waals surface area contributed by atoms with E-state index in [1.807, 2.05) is 18.2 Å². The summed E-state index contributed by atoms with van der Waals surface area (Å²) in [5, 5.41) is 16.3. The summed E-state index contributed by atoms with van der Waals surface area (Å²) in [7, 11) is 1.74. The third-order valence-electron chi connectivity index (χ3n) is 2.65. The van der Waals surface area contributed by atoms with Crippen molar-refractivity contribution in [2.75, 3.05) is 13.2 Å². The molecule has 0 radical (unpaired) electrons. The third-order valence-corrected chi connectivity index (χ3v) is 2.65. The number of hydrogen-bond donors (Lipinski definition) is 2. The molecule has 2 N–H and O–H groups in total. The summed E-state index contributed by atoms with van der Waals surface area (Å²) in [4.78, 5) is 11.7. The van der Waals surface area contributed by atoms with Gasteiger partial charge in [-0.1, -0.05) is 18.2 Å². The number of carbonyl (C=O) groups excluding carboxylic acids is 1. The highest BCUT2D eigenvalue weighted by molar-refractivity contribution is 5.93. The number of ether oxygens (including phenoxy) is 1. The fourth-order valence-electron chi connectivity index (χ4n) is 1.62. The molecule has 0 fully saturated rings. The van der Waals surface area contributed by atoms with Crippen LogP contribution in [0, 0.1) is 0 Å². The van der Waals surface area contributed by atoms with Crippen LogP contribution < -0.4 is 10.1 Å². The molecule has 1 atom stereocenters. The highest BCUT2D eigenvalue weighted by Crippen LogP contribution is 2.08. The first kappa shape index (κ1) is 14.1. The van der Waals surface area contributed by atoms with Crippen molar-refractivity contribution in [2.24, 2.45) is 7.05 Å². The maximum atomic E-state index is 11.7. The molecule has 0 saturated heterocycles. The van der Waals surface area contributed by atoms with Crippen molar-refractivity contribution < 1.29 is 14.6 Å². The zero-order valence-electron chi connectivity index (χ0n) is 11.2. The maximum Gasteiger partial charge on any atom is 0.254 e. The van der Waals surface area contributed by atoms with Crippen LogP contribution in [0.3, 0.4) is 0 Å². The molecule has 1 aromatic carbocycles. The van der Waals surface area contributed by atoms with E-state index in [0.29, 0.717) is 11.3 Å². The van der Waals surface area contributed by atoms with Crippen LogP contribution in [0.15, 0.2) is 42.7 Å². The number of aliphatic hydroxyl groups is 1. The zero-order chi connectivity index (χ0) is 14.4. The predicted molar refractivity (Wildman–Crippen MR) is 73.5 cm³/mol. The Hall–Kier alpha value is -2.34. The molecule has 1 amide bonds. The van der Waals surface area contributed by atoms with Crippen molar-refractivity contribution >= 4 is 5.91 Å². The number of aromatic nitrogens is 2. The van der Waals surface area contributed by atoms with E-state index in [2.05, 4.69) is 10.4 Å². The topological polar surface area (TPSA) is 76.4 Å². The Morgan fingerprint density at radius 3 is 2.85 bits per heavy atom. The lowest BCUT2D eigenvalue weighted by Crippen LogP contribution is -2.35. The van der Waals surface area contributed by atoms with Crippen LogP contribution in [0.4, 0.5) is 0 Å². The van der Waals surface area contributed by atoms with E-state index in [1.165, 1.54) is 6.20 Å². The first-order valence-electron chi connectivity index (χ1n) is 6.28. The predicted octanol–water partition coefficient (Wildman–Crippen LogP) is 0.590. The van der Waals surface area contributed by atoms with Gasteiger partial charge in [-0.3, -0.25) is 9.48 Å². The molecule has 0 saturated carbocycles. The number of aliphatic hydroxyl groups excluding tert-OH is 1. The zero-order valence-corrected chi connectivity index (χ0v) is 11.2. The summed E-state index contributed by atoms with van der Waals surface area (Å²) >= 11 is 0. The van der Waals surface area contributed by atoms with Crippen molar-refractivity contribution in [3.8, 4) is 5.75 Å². The molecular formula is C14H17N3O3. The van der Waals surface area contributed by atoms with Gasteiger partial charge < -0.3 is 15.2 Å². The van der Waals surface area contributed by atoms with Crippen LogP contribution in [0.1, 0.15) is 10.4 Å². The fourth-order valence-corrected chi connectivity index (χ4v) is 1.62. The summed E-state index contributed by atoms with van der Waals surface area (Å²) in [6.07, 6.45) is 2.32. The van der Waals surface area contributed by atoms with Gasteiger partial charge in [0.05, 0.1) is 11.8 Å². The van der Waals surface area contributed by atoms with Crippen LogP contribution in [0.5, 0.6) is 5.75 Å². The average Bonchev–Trinajstić information content (AvgIpc) is 2.90. The van der Waals surface area contributed by atoms with Gasteiger partial charge in [0, 0.05) is 19.8 Å². The molecule has 2 aromatic rings. The molecule has 1 aromatic heterocycles. The van der Waals surface area contributed by atoms with Crippen LogP contribution in [0.25, 0.3) is 0 Å². The van der Waals surface area contributed by atoms with Crippen molar-refractivity contribution in [3.05, 3.63) is 48.3 Å². The molecule has 1 heterocycles. The van der Waals surface area contributed by atoms with E-state index in [-0.39, 0.29) is 19.1 Å². The normalized spacial score (nSPS) is 11.9. The lowest BCUT2D eigenvalue weighted by molar-refractivity contribution is 0.0843. The monoisotopic (exact) mass is 275 g/mol. The van der Waals surface area contributed by atoms with E-state index < -0.39 is 6.10 Å². The number of rotatable bonds is 6. The van der Waals surface area contributed by atoms with Crippen LogP contribution >= 0.6 is 0 Å². The number of nitrogens with one attached hydrogen (secondary N) is 1. The Balaban J connectivity index is 1.72. The van der Waals surface area contributed by atoms with Gasteiger partial charge >= 0.3 is 0 Å². The molecule has 0 aliphatic heterocycles. The minimum absolute atomic E-state index is 0.122. The molecule has 0 aliphatic rings. The standard InChI is InChI=1S/C14H17N3O3/c1-17-9-11(7-16-17)14(19)15-8-12(18)10-20-13-5-3-2-4-6-13/h2-7,9,12,18H,8,10H2,1H3,(H,15,19)/t12-/m1/s1. The molecule has 20 heavy (non-hydrogen) atoms. The summed E-state index contributed by atoms with van der Waals surface area (Å²) < 4.78 is 6.94. The Morgan fingerprint density at radius 2 is 2.20 bits per heavy atom. The number of benzene rings is 1. The van der Waals surface area contributed by atoms with Gasteiger partial charge in [-0.05, 0) is 12.1 Å². The minimum Gasteiger partial charge on any atom is -0.491 e. The van der Waals surface area contributed by atoms with Gasteiger partial charge in [-0.25, -0.2) is 0 Å². The molecule has 2 rings (SSSR count). The first-order valence-corrected chi connectivity index (χ1v) is 6.28. The second-order valence-corrected chi connectivity index (χ2v) is 4.39. The number of amides is 1. The average molecular weight is 275 g/mol. The Morgan fingerprint density at radius 1 is 1.45 bits per heavy atom. The largest absolute Gasteiger partial charge is 0.491 e. The van der Waals surface area contributed by atoms with E-state index in [9.17, 15) is 9.90 Å². The molecule has 6 heteroatoms. The Labute approximate surface area is 117 Å². The van der Waals surface area contributed by atoms with E-state index in [4.69, 9.17) is 4.74 Å². The fraction of sp³-hybridized carbons (Fsp3) is 0.286. The number of hydrogen-bond acceptors (Lipinski definition) is 4. The SMILES string of the molecule is Cn1cc(C(=O)NC[C@@H](O)COc2ccccc2)cn1.